The van der Waals surface area contributed by atoms with Crippen LogP contribution in [-0.2, 0) is 24.2 Å². The van der Waals surface area contributed by atoms with Crippen LogP contribution in [0, 0.1) is 0 Å². The molecule has 0 aliphatic heterocycles. The first-order valence-electron chi connectivity index (χ1n) is 12.2. The molecule has 1 aromatic heterocycles. The zero-order valence-electron chi connectivity index (χ0n) is 19.9. The molecular weight excluding hydrogens is 444 g/mol. The van der Waals surface area contributed by atoms with Gasteiger partial charge in [-0.15, -0.1) is 0 Å². The number of unbranched alkanes of at least 4 members (excludes halogenated alkanes) is 2. The van der Waals surface area contributed by atoms with Crippen molar-refractivity contribution in [1.82, 2.24) is 20.6 Å². The van der Waals surface area contributed by atoms with Crippen molar-refractivity contribution in [2.24, 2.45) is 0 Å². The van der Waals surface area contributed by atoms with Gasteiger partial charge in [0, 0.05) is 30.3 Å². The first kappa shape index (κ1) is 24.3. The molecule has 2 aromatic carbocycles. The van der Waals surface area contributed by atoms with Gasteiger partial charge in [-0.3, -0.25) is 30.0 Å². The molecule has 8 nitrogen and oxygen atoms in total. The summed E-state index contributed by atoms with van der Waals surface area (Å²) < 4.78 is 1.31. The number of nitrogens with one attached hydrogen (secondary N) is 2. The van der Waals surface area contributed by atoms with Gasteiger partial charge in [-0.2, -0.15) is 5.10 Å². The zero-order valence-corrected chi connectivity index (χ0v) is 19.9. The third-order valence-electron chi connectivity index (χ3n) is 6.37. The first-order valence-corrected chi connectivity index (χ1v) is 12.2. The Morgan fingerprint density at radius 1 is 0.943 bits per heavy atom. The molecule has 0 unspecified atom stereocenters. The van der Waals surface area contributed by atoms with Crippen molar-refractivity contribution >= 4 is 28.4 Å². The number of nitrogens with zero attached hydrogens (tertiary/aromatic N) is 2. The zero-order chi connectivity index (χ0) is 24.8. The smallest absolute Gasteiger partial charge is 0.290 e. The number of carbonyl (C=O) groups excluding carboxylic acids is 3. The Hall–Kier alpha value is -3.81. The number of amides is 2. The van der Waals surface area contributed by atoms with Crippen LogP contribution in [0.4, 0.5) is 0 Å². The lowest BCUT2D eigenvalue weighted by atomic mass is 10.0. The summed E-state index contributed by atoms with van der Waals surface area (Å²) in [4.78, 5) is 50.4. The summed E-state index contributed by atoms with van der Waals surface area (Å²) in [5.74, 6) is -1.20. The Balaban J connectivity index is 1.38. The quantitative estimate of drug-likeness (QED) is 0.280. The van der Waals surface area contributed by atoms with Gasteiger partial charge in [-0.05, 0) is 48.9 Å². The fourth-order valence-electron chi connectivity index (χ4n) is 4.43. The topological polar surface area (TPSA) is 110 Å². The average molecular weight is 475 g/mol. The van der Waals surface area contributed by atoms with Crippen molar-refractivity contribution in [2.45, 2.75) is 64.8 Å². The number of aromatic nitrogens is 2. The molecule has 0 fully saturated rings. The molecule has 1 aliphatic rings. The van der Waals surface area contributed by atoms with Crippen LogP contribution >= 0.6 is 0 Å². The number of ketones is 1. The number of hydrogen-bond acceptors (Lipinski definition) is 5. The normalized spacial score (nSPS) is 12.4. The number of aryl methyl sites for hydroxylation is 3. The lowest BCUT2D eigenvalue weighted by molar-refractivity contribution is -0.121. The van der Waals surface area contributed by atoms with E-state index in [9.17, 15) is 19.2 Å². The van der Waals surface area contributed by atoms with Crippen LogP contribution in [0.1, 0.15) is 77.4 Å². The average Bonchev–Trinajstić information content (AvgIpc) is 3.35. The molecule has 4 rings (SSSR count). The maximum Gasteiger partial charge on any atom is 0.290 e. The second kappa shape index (κ2) is 11.1. The van der Waals surface area contributed by atoms with Crippen molar-refractivity contribution in [2.75, 3.05) is 0 Å². The van der Waals surface area contributed by atoms with E-state index in [1.807, 2.05) is 18.2 Å². The highest BCUT2D eigenvalue weighted by atomic mass is 16.2. The molecule has 0 saturated carbocycles. The fourth-order valence-corrected chi connectivity index (χ4v) is 4.43. The molecule has 1 heterocycles. The second-order valence-corrected chi connectivity index (χ2v) is 8.89. The van der Waals surface area contributed by atoms with Crippen LogP contribution in [0.25, 0.3) is 10.8 Å². The van der Waals surface area contributed by atoms with Gasteiger partial charge in [-0.25, -0.2) is 4.68 Å². The maximum atomic E-state index is 12.9. The van der Waals surface area contributed by atoms with E-state index in [2.05, 4.69) is 22.9 Å². The number of benzene rings is 2. The molecule has 1 aliphatic carbocycles. The highest BCUT2D eigenvalue weighted by Crippen LogP contribution is 2.23. The Bertz CT molecular complexity index is 1330. The van der Waals surface area contributed by atoms with E-state index in [1.54, 1.807) is 24.3 Å². The van der Waals surface area contributed by atoms with Crippen LogP contribution < -0.4 is 16.4 Å². The SMILES string of the molecule is CCCCCn1nc(C(=O)NNC(=O)CCC(=O)c2ccc3c(c2)CCC3)c2ccccc2c1=O. The first-order chi connectivity index (χ1) is 17.0. The highest BCUT2D eigenvalue weighted by molar-refractivity contribution is 6.05. The lowest BCUT2D eigenvalue weighted by Gasteiger charge is -2.12. The van der Waals surface area contributed by atoms with E-state index in [-0.39, 0.29) is 29.9 Å². The van der Waals surface area contributed by atoms with Gasteiger partial charge in [0.05, 0.1) is 5.39 Å². The molecule has 8 heteroatoms. The summed E-state index contributed by atoms with van der Waals surface area (Å²) in [5, 5.41) is 5.10. The fraction of sp³-hybridized carbons (Fsp3) is 0.370. The molecule has 0 spiro atoms. The summed E-state index contributed by atoms with van der Waals surface area (Å²) in [6, 6.07) is 12.5. The number of hydrogen-bond donors (Lipinski definition) is 2. The summed E-state index contributed by atoms with van der Waals surface area (Å²) in [6.45, 7) is 2.48. The number of rotatable bonds is 9. The van der Waals surface area contributed by atoms with Gasteiger partial charge in [0.1, 0.15) is 0 Å². The van der Waals surface area contributed by atoms with Gasteiger partial charge in [0.15, 0.2) is 11.5 Å². The summed E-state index contributed by atoms with van der Waals surface area (Å²) in [6.07, 6.45) is 5.85. The highest BCUT2D eigenvalue weighted by Gasteiger charge is 2.18. The van der Waals surface area contributed by atoms with Crippen LogP contribution in [0.2, 0.25) is 0 Å². The molecule has 0 saturated heterocycles. The largest absolute Gasteiger partial charge is 0.294 e. The monoisotopic (exact) mass is 474 g/mol. The Kier molecular flexibility index (Phi) is 7.70. The summed E-state index contributed by atoms with van der Waals surface area (Å²) >= 11 is 0. The van der Waals surface area contributed by atoms with E-state index in [1.165, 1.54) is 15.8 Å². The van der Waals surface area contributed by atoms with Gasteiger partial charge in [0.2, 0.25) is 5.91 Å². The van der Waals surface area contributed by atoms with Gasteiger partial charge >= 0.3 is 0 Å². The predicted octanol–water partition coefficient (Wildman–Crippen LogP) is 3.50. The number of Topliss-reactive ketones (excluding diaryl/α,β-unsaturated/α-hetero) is 1. The molecular formula is C27H30N4O4. The summed E-state index contributed by atoms with van der Waals surface area (Å²) in [7, 11) is 0. The third kappa shape index (κ3) is 5.65. The predicted molar refractivity (Wildman–Crippen MR) is 133 cm³/mol. The van der Waals surface area contributed by atoms with Crippen LogP contribution in [0.3, 0.4) is 0 Å². The molecule has 0 bridgehead atoms. The molecule has 182 valence electrons. The molecule has 35 heavy (non-hydrogen) atoms. The van der Waals surface area contributed by atoms with Crippen molar-refractivity contribution in [3.8, 4) is 0 Å². The minimum atomic E-state index is -0.622. The Morgan fingerprint density at radius 3 is 2.51 bits per heavy atom. The number of carbonyl (C=O) groups is 3. The second-order valence-electron chi connectivity index (χ2n) is 8.89. The van der Waals surface area contributed by atoms with E-state index in [4.69, 9.17) is 0 Å². The molecule has 0 atom stereocenters. The van der Waals surface area contributed by atoms with Crippen molar-refractivity contribution < 1.29 is 14.4 Å². The molecule has 2 N–H and O–H groups in total. The van der Waals surface area contributed by atoms with E-state index >= 15 is 0 Å². The van der Waals surface area contributed by atoms with Crippen LogP contribution in [0.15, 0.2) is 47.3 Å². The van der Waals surface area contributed by atoms with Crippen molar-refractivity contribution in [3.05, 3.63) is 75.2 Å². The summed E-state index contributed by atoms with van der Waals surface area (Å²) in [5.41, 5.74) is 7.67. The van der Waals surface area contributed by atoms with Crippen molar-refractivity contribution in [1.29, 1.82) is 0 Å². The molecule has 3 aromatic rings. The minimum Gasteiger partial charge on any atom is -0.294 e. The number of fused-ring (bicyclic) bond motifs is 2. The van der Waals surface area contributed by atoms with Crippen molar-refractivity contribution in [3.63, 3.8) is 0 Å². The molecule has 2 amide bonds. The Labute approximate surface area is 203 Å². The third-order valence-corrected chi connectivity index (χ3v) is 6.37. The van der Waals surface area contributed by atoms with Gasteiger partial charge in [-0.1, -0.05) is 50.1 Å². The lowest BCUT2D eigenvalue weighted by Crippen LogP contribution is -2.42. The van der Waals surface area contributed by atoms with E-state index in [0.717, 1.165) is 38.5 Å². The van der Waals surface area contributed by atoms with Gasteiger partial charge < -0.3 is 0 Å². The standard InChI is InChI=1S/C27H30N4O4/c1-2-3-6-16-31-27(35)22-11-5-4-10-21(22)25(30-31)26(34)29-28-24(33)15-14-23(32)20-13-12-18-8-7-9-19(18)17-20/h4-5,10-13,17H,2-3,6-9,14-16H2,1H3,(H,28,33)(H,29,34). The number of hydrazine groups is 1. The van der Waals surface area contributed by atoms with E-state index < -0.39 is 11.8 Å². The van der Waals surface area contributed by atoms with Crippen LogP contribution in [0.5, 0.6) is 0 Å². The minimum absolute atomic E-state index is 0.0456. The van der Waals surface area contributed by atoms with Crippen LogP contribution in [-0.4, -0.2) is 27.4 Å². The Morgan fingerprint density at radius 2 is 1.71 bits per heavy atom. The van der Waals surface area contributed by atoms with Gasteiger partial charge in [0.25, 0.3) is 11.5 Å². The van der Waals surface area contributed by atoms with E-state index in [0.29, 0.717) is 22.9 Å². The molecule has 0 radical (unpaired) electrons. The maximum absolute atomic E-state index is 12.9.